The predicted molar refractivity (Wildman–Crippen MR) is 117 cm³/mol. The summed E-state index contributed by atoms with van der Waals surface area (Å²) in [6.45, 7) is 4.24. The number of aliphatic hydroxyl groups excluding tert-OH is 2. The lowest BCUT2D eigenvalue weighted by Gasteiger charge is -2.32. The summed E-state index contributed by atoms with van der Waals surface area (Å²) in [6, 6.07) is 11.5. The van der Waals surface area contributed by atoms with Gasteiger partial charge in [0.2, 0.25) is 0 Å². The van der Waals surface area contributed by atoms with Crippen LogP contribution in [0.4, 0.5) is 18.0 Å². The van der Waals surface area contributed by atoms with Crippen LogP contribution in [0.1, 0.15) is 44.7 Å². The molecule has 0 aliphatic rings. The SMILES string of the molecule is CC(C)(C)OC(=O)NC(CO)(CO)CCCc1ccc(Oc2cccc(C(F)(F)F)c2)cc1. The number of aryl methyl sites for hydroxylation is 1. The van der Waals surface area contributed by atoms with Crippen LogP contribution in [0.25, 0.3) is 0 Å². The highest BCUT2D eigenvalue weighted by Gasteiger charge is 2.32. The quantitative estimate of drug-likeness (QED) is 0.477. The second-order valence-electron chi connectivity index (χ2n) is 8.85. The van der Waals surface area contributed by atoms with Gasteiger partial charge in [0.1, 0.15) is 17.1 Å². The van der Waals surface area contributed by atoms with Gasteiger partial charge in [-0.05, 0) is 75.9 Å². The van der Waals surface area contributed by atoms with Gasteiger partial charge in [0.25, 0.3) is 0 Å². The lowest BCUT2D eigenvalue weighted by Crippen LogP contribution is -2.55. The summed E-state index contributed by atoms with van der Waals surface area (Å²) >= 11 is 0. The van der Waals surface area contributed by atoms with Crippen molar-refractivity contribution in [2.75, 3.05) is 13.2 Å². The summed E-state index contributed by atoms with van der Waals surface area (Å²) in [5.74, 6) is 0.478. The van der Waals surface area contributed by atoms with Crippen molar-refractivity contribution in [2.45, 2.75) is 57.3 Å². The third-order valence-electron chi connectivity index (χ3n) is 4.81. The first-order valence-electron chi connectivity index (χ1n) is 10.5. The van der Waals surface area contributed by atoms with Crippen LogP contribution in [0.15, 0.2) is 48.5 Å². The number of alkyl halides is 3. The second kappa shape index (κ2) is 10.9. The van der Waals surface area contributed by atoms with Crippen LogP contribution in [0, 0.1) is 0 Å². The van der Waals surface area contributed by atoms with Crippen LogP contribution in [0.3, 0.4) is 0 Å². The molecule has 2 aromatic rings. The lowest BCUT2D eigenvalue weighted by molar-refractivity contribution is -0.137. The Labute approximate surface area is 191 Å². The minimum absolute atomic E-state index is 0.0847. The molecule has 0 saturated heterocycles. The van der Waals surface area contributed by atoms with E-state index in [-0.39, 0.29) is 5.75 Å². The fourth-order valence-corrected chi connectivity index (χ4v) is 3.10. The molecule has 0 aromatic heterocycles. The number of halogens is 3. The average molecular weight is 470 g/mol. The van der Waals surface area contributed by atoms with E-state index in [1.807, 2.05) is 0 Å². The van der Waals surface area contributed by atoms with E-state index in [0.717, 1.165) is 17.7 Å². The summed E-state index contributed by atoms with van der Waals surface area (Å²) in [7, 11) is 0. The Balaban J connectivity index is 1.93. The van der Waals surface area contributed by atoms with E-state index in [0.29, 0.717) is 25.0 Å². The largest absolute Gasteiger partial charge is 0.457 e. The number of carbonyl (C=O) groups excluding carboxylic acids is 1. The highest BCUT2D eigenvalue weighted by atomic mass is 19.4. The zero-order valence-electron chi connectivity index (χ0n) is 18.9. The molecule has 0 aliphatic carbocycles. The summed E-state index contributed by atoms with van der Waals surface area (Å²) in [6.07, 6.45) is -3.73. The Bertz CT molecular complexity index is 904. The zero-order valence-corrected chi connectivity index (χ0v) is 18.9. The molecule has 2 aromatic carbocycles. The van der Waals surface area contributed by atoms with Crippen molar-refractivity contribution < 1.29 is 37.7 Å². The molecule has 0 unspecified atom stereocenters. The van der Waals surface area contributed by atoms with Crippen molar-refractivity contribution in [3.8, 4) is 11.5 Å². The second-order valence-corrected chi connectivity index (χ2v) is 8.85. The average Bonchev–Trinajstić information content (AvgIpc) is 2.72. The topological polar surface area (TPSA) is 88.0 Å². The number of benzene rings is 2. The zero-order chi connectivity index (χ0) is 24.7. The monoisotopic (exact) mass is 469 g/mol. The molecule has 9 heteroatoms. The predicted octanol–water partition coefficient (Wildman–Crippen LogP) is 5.07. The van der Waals surface area contributed by atoms with Gasteiger partial charge in [0.15, 0.2) is 0 Å². The minimum atomic E-state index is -4.44. The van der Waals surface area contributed by atoms with Crippen molar-refractivity contribution in [3.63, 3.8) is 0 Å². The van der Waals surface area contributed by atoms with Crippen molar-refractivity contribution >= 4 is 6.09 Å². The number of carbonyl (C=O) groups is 1. The maximum atomic E-state index is 12.8. The van der Waals surface area contributed by atoms with Crippen molar-refractivity contribution in [1.82, 2.24) is 5.32 Å². The third kappa shape index (κ3) is 8.58. The van der Waals surface area contributed by atoms with Crippen LogP contribution in [0.2, 0.25) is 0 Å². The number of ether oxygens (including phenoxy) is 2. The Morgan fingerprint density at radius 1 is 0.970 bits per heavy atom. The Hall–Kier alpha value is -2.78. The molecule has 0 aliphatic heterocycles. The smallest absolute Gasteiger partial charge is 0.416 e. The van der Waals surface area contributed by atoms with Crippen LogP contribution < -0.4 is 10.1 Å². The molecule has 0 saturated carbocycles. The first kappa shape index (κ1) is 26.5. The number of amides is 1. The molecule has 1 amide bonds. The van der Waals surface area contributed by atoms with Gasteiger partial charge >= 0.3 is 12.3 Å². The Morgan fingerprint density at radius 2 is 1.61 bits per heavy atom. The van der Waals surface area contributed by atoms with Gasteiger partial charge in [-0.15, -0.1) is 0 Å². The first-order valence-corrected chi connectivity index (χ1v) is 10.5. The van der Waals surface area contributed by atoms with Crippen molar-refractivity contribution in [1.29, 1.82) is 0 Å². The van der Waals surface area contributed by atoms with Crippen LogP contribution in [0.5, 0.6) is 11.5 Å². The maximum absolute atomic E-state index is 12.8. The van der Waals surface area contributed by atoms with Crippen molar-refractivity contribution in [2.24, 2.45) is 0 Å². The Morgan fingerprint density at radius 3 is 2.15 bits per heavy atom. The molecular formula is C24H30F3NO5. The number of nitrogens with one attached hydrogen (secondary N) is 1. The number of alkyl carbamates (subject to hydrolysis) is 1. The fraction of sp³-hybridized carbons (Fsp3) is 0.458. The molecule has 0 spiro atoms. The van der Waals surface area contributed by atoms with Gasteiger partial charge < -0.3 is 25.0 Å². The highest BCUT2D eigenvalue weighted by Crippen LogP contribution is 2.32. The molecule has 0 heterocycles. The molecule has 6 nitrogen and oxygen atoms in total. The van der Waals surface area contributed by atoms with Gasteiger partial charge in [-0.1, -0.05) is 18.2 Å². The molecule has 33 heavy (non-hydrogen) atoms. The first-order chi connectivity index (χ1) is 15.4. The van der Waals surface area contributed by atoms with Crippen LogP contribution in [-0.2, 0) is 17.3 Å². The van der Waals surface area contributed by atoms with Crippen LogP contribution in [-0.4, -0.2) is 40.7 Å². The standard InChI is InChI=1S/C24H30F3NO5/c1-22(2,3)33-21(31)28-23(15-29,16-30)13-5-6-17-9-11-19(12-10-17)32-20-8-4-7-18(14-20)24(25,26)27/h4,7-12,14,29-30H,5-6,13,15-16H2,1-3H3,(H,28,31). The van der Waals surface area contributed by atoms with E-state index >= 15 is 0 Å². The lowest BCUT2D eigenvalue weighted by atomic mass is 9.93. The van der Waals surface area contributed by atoms with E-state index < -0.39 is 42.2 Å². The van der Waals surface area contributed by atoms with E-state index in [2.05, 4.69) is 5.32 Å². The number of rotatable bonds is 9. The fourth-order valence-electron chi connectivity index (χ4n) is 3.10. The molecule has 3 N–H and O–H groups in total. The summed E-state index contributed by atoms with van der Waals surface area (Å²) in [5.41, 5.74) is -1.78. The van der Waals surface area contributed by atoms with Gasteiger partial charge in [-0.3, -0.25) is 0 Å². The van der Waals surface area contributed by atoms with Gasteiger partial charge in [-0.2, -0.15) is 13.2 Å². The molecule has 2 rings (SSSR count). The molecular weight excluding hydrogens is 439 g/mol. The molecule has 0 bridgehead atoms. The summed E-state index contributed by atoms with van der Waals surface area (Å²) in [5, 5.41) is 22.1. The van der Waals surface area contributed by atoms with Gasteiger partial charge in [-0.25, -0.2) is 4.79 Å². The molecule has 0 atom stereocenters. The van der Waals surface area contributed by atoms with E-state index in [1.165, 1.54) is 12.1 Å². The minimum Gasteiger partial charge on any atom is -0.457 e. The van der Waals surface area contributed by atoms with Gasteiger partial charge in [0, 0.05) is 0 Å². The summed E-state index contributed by atoms with van der Waals surface area (Å²) in [4.78, 5) is 12.1. The van der Waals surface area contributed by atoms with E-state index in [9.17, 15) is 28.2 Å². The molecule has 0 radical (unpaired) electrons. The number of aliphatic hydroxyl groups is 2. The van der Waals surface area contributed by atoms with Gasteiger partial charge in [0.05, 0.1) is 24.3 Å². The van der Waals surface area contributed by atoms with Crippen molar-refractivity contribution in [3.05, 3.63) is 59.7 Å². The summed E-state index contributed by atoms with van der Waals surface area (Å²) < 4.78 is 49.2. The third-order valence-corrected chi connectivity index (χ3v) is 4.81. The number of hydrogen-bond acceptors (Lipinski definition) is 5. The van der Waals surface area contributed by atoms with E-state index in [4.69, 9.17) is 9.47 Å². The highest BCUT2D eigenvalue weighted by molar-refractivity contribution is 5.68. The van der Waals surface area contributed by atoms with Crippen LogP contribution >= 0.6 is 0 Å². The maximum Gasteiger partial charge on any atom is 0.416 e. The molecule has 182 valence electrons. The van der Waals surface area contributed by atoms with E-state index in [1.54, 1.807) is 45.0 Å². The number of hydrogen-bond donors (Lipinski definition) is 3. The molecule has 0 fully saturated rings. The normalized spacial score (nSPS) is 12.4. The Kier molecular flexibility index (Phi) is 8.74.